The predicted molar refractivity (Wildman–Crippen MR) is 181 cm³/mol. The van der Waals surface area contributed by atoms with E-state index in [1.54, 1.807) is 25.3 Å². The molecule has 4 aromatic carbocycles. The van der Waals surface area contributed by atoms with Gasteiger partial charge in [0.15, 0.2) is 11.5 Å². The van der Waals surface area contributed by atoms with E-state index in [2.05, 4.69) is 30.0 Å². The molecule has 1 unspecified atom stereocenters. The molecule has 0 N–H and O–H groups in total. The van der Waals surface area contributed by atoms with Crippen molar-refractivity contribution in [2.24, 2.45) is 0 Å². The van der Waals surface area contributed by atoms with Gasteiger partial charge >= 0.3 is 5.97 Å². The van der Waals surface area contributed by atoms with Crippen molar-refractivity contribution in [3.05, 3.63) is 125 Å². The third-order valence-electron chi connectivity index (χ3n) is 8.27. The van der Waals surface area contributed by atoms with Crippen molar-refractivity contribution in [1.82, 2.24) is 4.90 Å². The van der Waals surface area contributed by atoms with E-state index in [0.29, 0.717) is 42.9 Å². The van der Waals surface area contributed by atoms with Crippen LogP contribution in [0.25, 0.3) is 0 Å². The highest BCUT2D eigenvalue weighted by Gasteiger charge is 2.23. The largest absolute Gasteiger partial charge is 0.497 e. The number of carbonyl (C=O) groups excluding carboxylic acids is 1. The second-order valence-corrected chi connectivity index (χ2v) is 11.2. The van der Waals surface area contributed by atoms with Crippen molar-refractivity contribution in [3.8, 4) is 17.2 Å². The van der Waals surface area contributed by atoms with Crippen molar-refractivity contribution < 1.29 is 23.7 Å². The normalized spacial score (nSPS) is 13.8. The number of ether oxygens (including phenoxy) is 4. The number of carbonyl (C=O) groups is 1. The Kier molecular flexibility index (Phi) is 13.2. The maximum Gasteiger partial charge on any atom is 0.338 e. The molecule has 0 spiro atoms. The van der Waals surface area contributed by atoms with Crippen LogP contribution in [0.5, 0.6) is 17.2 Å². The molecule has 5 rings (SSSR count). The van der Waals surface area contributed by atoms with Crippen LogP contribution in [0, 0.1) is 0 Å². The van der Waals surface area contributed by atoms with Crippen LogP contribution in [-0.4, -0.2) is 43.7 Å². The van der Waals surface area contributed by atoms with E-state index in [1.807, 2.05) is 60.7 Å². The summed E-state index contributed by atoms with van der Waals surface area (Å²) in [5.74, 6) is 1.69. The quantitative estimate of drug-likeness (QED) is 0.0978. The first-order valence-electron chi connectivity index (χ1n) is 15.7. The van der Waals surface area contributed by atoms with Gasteiger partial charge in [0.2, 0.25) is 0 Å². The van der Waals surface area contributed by atoms with Gasteiger partial charge in [-0.1, -0.05) is 73.7 Å². The molecule has 1 atom stereocenters. The highest BCUT2D eigenvalue weighted by molar-refractivity contribution is 5.90. The maximum absolute atomic E-state index is 13.0. The lowest BCUT2D eigenvalue weighted by molar-refractivity contribution is 0.0492. The van der Waals surface area contributed by atoms with Crippen LogP contribution in [-0.2, 0) is 30.8 Å². The summed E-state index contributed by atoms with van der Waals surface area (Å²) in [7, 11) is 1.72. The number of nitrogens with zero attached hydrogens (tertiary/aromatic N) is 1. The molecular formula is C38H44ClNO5. The Balaban J connectivity index is 0.00000461. The molecule has 1 aliphatic rings. The van der Waals surface area contributed by atoms with Crippen LogP contribution >= 0.6 is 12.4 Å². The number of methoxy groups -OCH3 is 1. The lowest BCUT2D eigenvalue weighted by Crippen LogP contribution is -2.39. The van der Waals surface area contributed by atoms with Crippen molar-refractivity contribution >= 4 is 18.4 Å². The first-order chi connectivity index (χ1) is 21.6. The molecule has 0 bridgehead atoms. The smallest absolute Gasteiger partial charge is 0.338 e. The zero-order valence-corrected chi connectivity index (χ0v) is 27.1. The van der Waals surface area contributed by atoms with Gasteiger partial charge in [-0.2, -0.15) is 0 Å². The monoisotopic (exact) mass is 629 g/mol. The van der Waals surface area contributed by atoms with Crippen LogP contribution in [0.3, 0.4) is 0 Å². The molecular weight excluding hydrogens is 586 g/mol. The number of hydrogen-bond donors (Lipinski definition) is 0. The molecule has 4 aromatic rings. The van der Waals surface area contributed by atoms with E-state index < -0.39 is 0 Å². The summed E-state index contributed by atoms with van der Waals surface area (Å²) in [6, 6.07) is 32.2. The molecule has 0 saturated heterocycles. The Bertz CT molecular complexity index is 1480. The number of unbranched alkanes of at least 4 members (excludes halogenated alkanes) is 1. The maximum atomic E-state index is 13.0. The molecule has 1 aliphatic carbocycles. The first kappa shape index (κ1) is 33.9. The zero-order valence-electron chi connectivity index (χ0n) is 26.3. The van der Waals surface area contributed by atoms with Gasteiger partial charge in [-0.05, 0) is 97.8 Å². The Hall–Kier alpha value is -4.00. The summed E-state index contributed by atoms with van der Waals surface area (Å²) in [5.41, 5.74) is 5.38. The van der Waals surface area contributed by atoms with Crippen molar-refractivity contribution in [2.75, 3.05) is 26.8 Å². The molecule has 6 nitrogen and oxygen atoms in total. The van der Waals surface area contributed by atoms with Gasteiger partial charge in [0.1, 0.15) is 19.0 Å². The SMILES string of the molecule is CCN(CCCCOC(=O)c1ccc(OCc2ccccc2)c(OCc2ccccc2)c1)C1CCc2cc(OC)ccc2C1.Cl. The molecule has 238 valence electrons. The zero-order chi connectivity index (χ0) is 30.6. The minimum absolute atomic E-state index is 0. The lowest BCUT2D eigenvalue weighted by Gasteiger charge is -2.34. The fourth-order valence-electron chi connectivity index (χ4n) is 5.75. The molecule has 7 heteroatoms. The number of likely N-dealkylation sites (N-methyl/N-ethyl adjacent to an activating group) is 1. The summed E-state index contributed by atoms with van der Waals surface area (Å²) in [5, 5.41) is 0. The molecule has 0 amide bonds. The van der Waals surface area contributed by atoms with Crippen LogP contribution in [0.15, 0.2) is 97.1 Å². The average Bonchev–Trinajstić information content (AvgIpc) is 3.08. The minimum atomic E-state index is -0.351. The Labute approximate surface area is 273 Å². The van der Waals surface area contributed by atoms with Gasteiger partial charge in [-0.3, -0.25) is 0 Å². The minimum Gasteiger partial charge on any atom is -0.497 e. The molecule has 0 heterocycles. The van der Waals surface area contributed by atoms with Crippen molar-refractivity contribution in [2.45, 2.75) is 58.3 Å². The number of aryl methyl sites for hydroxylation is 1. The van der Waals surface area contributed by atoms with Crippen LogP contribution < -0.4 is 14.2 Å². The van der Waals surface area contributed by atoms with Gasteiger partial charge in [0.05, 0.1) is 19.3 Å². The lowest BCUT2D eigenvalue weighted by atomic mass is 9.87. The van der Waals surface area contributed by atoms with E-state index >= 15 is 0 Å². The number of hydrogen-bond acceptors (Lipinski definition) is 6. The van der Waals surface area contributed by atoms with Crippen LogP contribution in [0.2, 0.25) is 0 Å². The summed E-state index contributed by atoms with van der Waals surface area (Å²) < 4.78 is 23.3. The average molecular weight is 630 g/mol. The summed E-state index contributed by atoms with van der Waals surface area (Å²) >= 11 is 0. The number of rotatable bonds is 15. The predicted octanol–water partition coefficient (Wildman–Crippen LogP) is 8.09. The van der Waals surface area contributed by atoms with Crippen molar-refractivity contribution in [3.63, 3.8) is 0 Å². The Morgan fingerprint density at radius 2 is 1.49 bits per heavy atom. The number of halogens is 1. The van der Waals surface area contributed by atoms with Crippen LogP contribution in [0.1, 0.15) is 58.8 Å². The summed E-state index contributed by atoms with van der Waals surface area (Å²) in [6.07, 6.45) is 5.10. The molecule has 0 radical (unpaired) electrons. The molecule has 0 fully saturated rings. The number of benzene rings is 4. The highest BCUT2D eigenvalue weighted by atomic mass is 35.5. The van der Waals surface area contributed by atoms with Gasteiger partial charge in [0, 0.05) is 6.04 Å². The highest BCUT2D eigenvalue weighted by Crippen LogP contribution is 2.31. The van der Waals surface area contributed by atoms with E-state index in [0.717, 1.165) is 62.1 Å². The second-order valence-electron chi connectivity index (χ2n) is 11.2. The third kappa shape index (κ3) is 9.74. The molecule has 0 saturated carbocycles. The summed E-state index contributed by atoms with van der Waals surface area (Å²) in [6.45, 7) is 5.40. The number of esters is 1. The topological polar surface area (TPSA) is 57.2 Å². The third-order valence-corrected chi connectivity index (χ3v) is 8.27. The van der Waals surface area contributed by atoms with Crippen LogP contribution in [0.4, 0.5) is 0 Å². The fraction of sp³-hybridized carbons (Fsp3) is 0.342. The van der Waals surface area contributed by atoms with Gasteiger partial charge in [0.25, 0.3) is 0 Å². The fourth-order valence-corrected chi connectivity index (χ4v) is 5.75. The molecule has 45 heavy (non-hydrogen) atoms. The number of fused-ring (bicyclic) bond motifs is 1. The van der Waals surface area contributed by atoms with E-state index in [1.165, 1.54) is 11.1 Å². The van der Waals surface area contributed by atoms with E-state index in [4.69, 9.17) is 18.9 Å². The van der Waals surface area contributed by atoms with E-state index in [-0.39, 0.29) is 18.4 Å². The second kappa shape index (κ2) is 17.5. The first-order valence-corrected chi connectivity index (χ1v) is 15.7. The molecule has 0 aromatic heterocycles. The Morgan fingerprint density at radius 3 is 2.16 bits per heavy atom. The molecule has 0 aliphatic heterocycles. The standard InChI is InChI=1S/C38H43NO5.ClH/c1-3-39(34-19-16-32-25-35(41-2)20-17-31(32)24-34)22-10-11-23-42-38(40)33-18-21-36(43-27-29-12-6-4-7-13-29)37(26-33)44-28-30-14-8-5-9-15-30;/h4-9,12-15,17-18,20-21,25-26,34H,3,10-11,16,19,22-24,27-28H2,1-2H3;1H. The van der Waals surface area contributed by atoms with E-state index in [9.17, 15) is 4.79 Å². The Morgan fingerprint density at radius 1 is 0.800 bits per heavy atom. The van der Waals surface area contributed by atoms with Gasteiger partial charge < -0.3 is 23.8 Å². The van der Waals surface area contributed by atoms with Crippen molar-refractivity contribution in [1.29, 1.82) is 0 Å². The van der Waals surface area contributed by atoms with Gasteiger partial charge in [-0.15, -0.1) is 12.4 Å². The van der Waals surface area contributed by atoms with Gasteiger partial charge in [-0.25, -0.2) is 4.79 Å². The summed E-state index contributed by atoms with van der Waals surface area (Å²) in [4.78, 5) is 15.6.